The zero-order chi connectivity index (χ0) is 12.1. The molecule has 0 bridgehead atoms. The average molecular weight is 244 g/mol. The zero-order valence-electron chi connectivity index (χ0n) is 9.25. The number of halogens is 1. The maximum absolute atomic E-state index is 11.6. The fourth-order valence-corrected chi connectivity index (χ4v) is 1.64. The summed E-state index contributed by atoms with van der Waals surface area (Å²) in [6.07, 6.45) is 0. The number of ether oxygens (including phenoxy) is 2. The van der Waals surface area contributed by atoms with Crippen molar-refractivity contribution in [2.45, 2.75) is 6.61 Å². The van der Waals surface area contributed by atoms with E-state index in [0.717, 1.165) is 5.56 Å². The van der Waals surface area contributed by atoms with Crippen LogP contribution in [0, 0.1) is 0 Å². The molecule has 0 atom stereocenters. The summed E-state index contributed by atoms with van der Waals surface area (Å²) in [6.45, 7) is 0.258. The number of ketones is 1. The highest BCUT2D eigenvalue weighted by Crippen LogP contribution is 2.28. The number of rotatable bonds is 5. The molecule has 16 heavy (non-hydrogen) atoms. The Balaban J connectivity index is 3.24. The van der Waals surface area contributed by atoms with Crippen molar-refractivity contribution in [2.75, 3.05) is 20.8 Å². The van der Waals surface area contributed by atoms with E-state index in [1.165, 1.54) is 7.11 Å². The molecule has 0 amide bonds. The number of hydrogen-bond acceptors (Lipinski definition) is 4. The fourth-order valence-electron chi connectivity index (χ4n) is 1.40. The standard InChI is InChI=1S/C11H14ClNO3/c1-15-6-7-3-11(16-2)9(12)4-8(7)10(14)5-13/h3-4H,5-6,13H2,1-2H3. The summed E-state index contributed by atoms with van der Waals surface area (Å²) in [4.78, 5) is 11.6. The molecule has 0 aliphatic carbocycles. The summed E-state index contributed by atoms with van der Waals surface area (Å²) >= 11 is 5.94. The topological polar surface area (TPSA) is 61.5 Å². The van der Waals surface area contributed by atoms with Crippen LogP contribution >= 0.6 is 11.6 Å². The Morgan fingerprint density at radius 3 is 2.62 bits per heavy atom. The van der Waals surface area contributed by atoms with Gasteiger partial charge < -0.3 is 15.2 Å². The van der Waals surface area contributed by atoms with Crippen LogP contribution in [0.4, 0.5) is 0 Å². The molecule has 2 N–H and O–H groups in total. The van der Waals surface area contributed by atoms with Crippen molar-refractivity contribution in [3.63, 3.8) is 0 Å². The van der Waals surface area contributed by atoms with Gasteiger partial charge in [-0.1, -0.05) is 11.6 Å². The van der Waals surface area contributed by atoms with Crippen LogP contribution in [0.1, 0.15) is 15.9 Å². The Kier molecular flexibility index (Phi) is 4.73. The second-order valence-electron chi connectivity index (χ2n) is 3.20. The van der Waals surface area contributed by atoms with Crippen LogP contribution in [0.3, 0.4) is 0 Å². The van der Waals surface area contributed by atoms with E-state index >= 15 is 0 Å². The lowest BCUT2D eigenvalue weighted by molar-refractivity contribution is 0.0996. The van der Waals surface area contributed by atoms with Crippen molar-refractivity contribution >= 4 is 17.4 Å². The monoisotopic (exact) mass is 243 g/mol. The summed E-state index contributed by atoms with van der Waals surface area (Å²) in [5.41, 5.74) is 6.53. The van der Waals surface area contributed by atoms with E-state index in [2.05, 4.69) is 0 Å². The maximum Gasteiger partial charge on any atom is 0.176 e. The number of benzene rings is 1. The SMILES string of the molecule is COCc1cc(OC)c(Cl)cc1C(=O)CN. The second-order valence-corrected chi connectivity index (χ2v) is 3.61. The predicted octanol–water partition coefficient (Wildman–Crippen LogP) is 1.64. The zero-order valence-corrected chi connectivity index (χ0v) is 10.0. The van der Waals surface area contributed by atoms with Gasteiger partial charge in [0.2, 0.25) is 0 Å². The van der Waals surface area contributed by atoms with E-state index in [0.29, 0.717) is 22.9 Å². The van der Waals surface area contributed by atoms with Gasteiger partial charge >= 0.3 is 0 Å². The van der Waals surface area contributed by atoms with E-state index in [9.17, 15) is 4.79 Å². The van der Waals surface area contributed by atoms with Crippen LogP contribution in [0.5, 0.6) is 5.75 Å². The summed E-state index contributed by atoms with van der Waals surface area (Å²) in [5, 5.41) is 0.388. The predicted molar refractivity (Wildman–Crippen MR) is 62.1 cm³/mol. The average Bonchev–Trinajstić information content (AvgIpc) is 2.30. The maximum atomic E-state index is 11.6. The molecule has 0 heterocycles. The van der Waals surface area contributed by atoms with Crippen molar-refractivity contribution in [1.29, 1.82) is 0 Å². The van der Waals surface area contributed by atoms with Gasteiger partial charge in [-0.3, -0.25) is 4.79 Å². The highest BCUT2D eigenvalue weighted by Gasteiger charge is 2.14. The molecule has 0 saturated heterocycles. The summed E-state index contributed by atoms with van der Waals surface area (Å²) in [7, 11) is 3.07. The van der Waals surface area contributed by atoms with E-state index in [1.54, 1.807) is 19.2 Å². The van der Waals surface area contributed by atoms with Gasteiger partial charge in [0.15, 0.2) is 5.78 Å². The third-order valence-corrected chi connectivity index (χ3v) is 2.46. The van der Waals surface area contributed by atoms with Crippen molar-refractivity contribution < 1.29 is 14.3 Å². The molecule has 0 spiro atoms. The summed E-state index contributed by atoms with van der Waals surface area (Å²) < 4.78 is 10.1. The Morgan fingerprint density at radius 1 is 1.44 bits per heavy atom. The van der Waals surface area contributed by atoms with Crippen molar-refractivity contribution in [2.24, 2.45) is 5.73 Å². The molecule has 0 aromatic heterocycles. The lowest BCUT2D eigenvalue weighted by Gasteiger charge is -2.11. The van der Waals surface area contributed by atoms with Crippen LogP contribution in [0.2, 0.25) is 5.02 Å². The molecule has 5 heteroatoms. The van der Waals surface area contributed by atoms with E-state index in [1.807, 2.05) is 0 Å². The van der Waals surface area contributed by atoms with Gasteiger partial charge in [0.25, 0.3) is 0 Å². The molecular weight excluding hydrogens is 230 g/mol. The minimum atomic E-state index is -0.170. The van der Waals surface area contributed by atoms with Gasteiger partial charge in [-0.05, 0) is 17.7 Å². The highest BCUT2D eigenvalue weighted by atomic mass is 35.5. The minimum Gasteiger partial charge on any atom is -0.495 e. The quantitative estimate of drug-likeness (QED) is 0.799. The first kappa shape index (κ1) is 13.0. The minimum absolute atomic E-state index is 0.0562. The van der Waals surface area contributed by atoms with Crippen LogP contribution in [-0.2, 0) is 11.3 Å². The van der Waals surface area contributed by atoms with E-state index in [-0.39, 0.29) is 12.3 Å². The van der Waals surface area contributed by atoms with Crippen LogP contribution in [0.15, 0.2) is 12.1 Å². The molecule has 0 unspecified atom stereocenters. The fraction of sp³-hybridized carbons (Fsp3) is 0.364. The van der Waals surface area contributed by atoms with Gasteiger partial charge in [0.05, 0.1) is 25.3 Å². The largest absolute Gasteiger partial charge is 0.495 e. The van der Waals surface area contributed by atoms with Gasteiger partial charge in [-0.25, -0.2) is 0 Å². The summed E-state index contributed by atoms with van der Waals surface area (Å²) in [6, 6.07) is 3.25. The Hall–Kier alpha value is -1.10. The van der Waals surface area contributed by atoms with Gasteiger partial charge in [0, 0.05) is 12.7 Å². The molecule has 4 nitrogen and oxygen atoms in total. The molecule has 1 rings (SSSR count). The first-order valence-electron chi connectivity index (χ1n) is 4.72. The number of hydrogen-bond donors (Lipinski definition) is 1. The lowest BCUT2D eigenvalue weighted by Crippen LogP contribution is -2.16. The van der Waals surface area contributed by atoms with Crippen molar-refractivity contribution in [3.8, 4) is 5.75 Å². The van der Waals surface area contributed by atoms with E-state index < -0.39 is 0 Å². The second kappa shape index (κ2) is 5.84. The molecule has 88 valence electrons. The number of carbonyl (C=O) groups excluding carboxylic acids is 1. The molecule has 0 aliphatic rings. The molecule has 1 aromatic rings. The number of nitrogens with two attached hydrogens (primary N) is 1. The van der Waals surface area contributed by atoms with Gasteiger partial charge in [-0.15, -0.1) is 0 Å². The van der Waals surface area contributed by atoms with Crippen LogP contribution < -0.4 is 10.5 Å². The lowest BCUT2D eigenvalue weighted by atomic mass is 10.0. The first-order chi connectivity index (χ1) is 7.63. The third-order valence-electron chi connectivity index (χ3n) is 2.16. The molecule has 0 fully saturated rings. The Bertz CT molecular complexity index is 393. The Morgan fingerprint density at radius 2 is 2.12 bits per heavy atom. The van der Waals surface area contributed by atoms with Gasteiger partial charge in [-0.2, -0.15) is 0 Å². The van der Waals surface area contributed by atoms with Crippen molar-refractivity contribution in [3.05, 3.63) is 28.3 Å². The number of methoxy groups -OCH3 is 2. The van der Waals surface area contributed by atoms with Gasteiger partial charge in [0.1, 0.15) is 5.75 Å². The van der Waals surface area contributed by atoms with E-state index in [4.69, 9.17) is 26.8 Å². The third kappa shape index (κ3) is 2.72. The summed E-state index contributed by atoms with van der Waals surface area (Å²) in [5.74, 6) is 0.346. The molecule has 0 saturated carbocycles. The van der Waals surface area contributed by atoms with Crippen LogP contribution in [-0.4, -0.2) is 26.5 Å². The smallest absolute Gasteiger partial charge is 0.176 e. The number of carbonyl (C=O) groups is 1. The first-order valence-corrected chi connectivity index (χ1v) is 5.10. The number of Topliss-reactive ketones (excluding diaryl/α,β-unsaturated/α-hetero) is 1. The van der Waals surface area contributed by atoms with Crippen molar-refractivity contribution in [1.82, 2.24) is 0 Å². The van der Waals surface area contributed by atoms with Crippen LogP contribution in [0.25, 0.3) is 0 Å². The molecule has 0 radical (unpaired) electrons. The molecule has 1 aromatic carbocycles. The normalized spacial score (nSPS) is 10.2. The molecular formula is C11H14ClNO3. The molecule has 0 aliphatic heterocycles. The Labute approximate surface area is 99.3 Å². The highest BCUT2D eigenvalue weighted by molar-refractivity contribution is 6.32.